The molecule has 37 heavy (non-hydrogen) atoms. The predicted octanol–water partition coefficient (Wildman–Crippen LogP) is 3.18. The van der Waals surface area contributed by atoms with Gasteiger partial charge in [0.15, 0.2) is 0 Å². The molecule has 12 heteroatoms. The minimum Gasteiger partial charge on any atom is -0.369 e. The normalized spacial score (nSPS) is 34.7. The predicted molar refractivity (Wildman–Crippen MR) is 135 cm³/mol. The highest BCUT2D eigenvalue weighted by Gasteiger charge is 2.62. The Balaban J connectivity index is 1.60. The zero-order valence-corrected chi connectivity index (χ0v) is 24.1. The first kappa shape index (κ1) is 30.3. The lowest BCUT2D eigenvalue weighted by Gasteiger charge is -2.35. The van der Waals surface area contributed by atoms with Gasteiger partial charge in [-0.15, -0.1) is 0 Å². The van der Waals surface area contributed by atoms with E-state index in [1.165, 1.54) is 12.0 Å². The number of fused-ring (bicyclic) bond motifs is 1. The molecule has 3 fully saturated rings. The van der Waals surface area contributed by atoms with Gasteiger partial charge < -0.3 is 28.0 Å². The Morgan fingerprint density at radius 2 is 1.68 bits per heavy atom. The van der Waals surface area contributed by atoms with Crippen LogP contribution in [0.4, 0.5) is 0 Å². The van der Waals surface area contributed by atoms with E-state index in [0.29, 0.717) is 13.0 Å². The van der Waals surface area contributed by atoms with E-state index in [1.807, 2.05) is 6.92 Å². The van der Waals surface area contributed by atoms with Gasteiger partial charge in [-0.3, -0.25) is 14.5 Å². The molecule has 8 atom stereocenters. The molecule has 0 N–H and O–H groups in total. The van der Waals surface area contributed by atoms with E-state index >= 15 is 0 Å². The van der Waals surface area contributed by atoms with Crippen molar-refractivity contribution in [2.24, 2.45) is 11.8 Å². The van der Waals surface area contributed by atoms with Gasteiger partial charge >= 0.3 is 0 Å². The molecule has 210 valence electrons. The summed E-state index contributed by atoms with van der Waals surface area (Å²) in [5.41, 5.74) is 0. The van der Waals surface area contributed by atoms with Crippen molar-refractivity contribution in [2.75, 3.05) is 26.9 Å². The summed E-state index contributed by atoms with van der Waals surface area (Å²) in [7, 11) is 0.124. The number of hydrogen-bond acceptors (Lipinski definition) is 10. The quantitative estimate of drug-likeness (QED) is 0.195. The molecule has 0 aromatic heterocycles. The lowest BCUT2D eigenvalue weighted by Crippen LogP contribution is -2.42. The Labute approximate surface area is 221 Å². The number of carbonyl (C=O) groups is 2. The molecule has 0 aromatic carbocycles. The second-order valence-corrected chi connectivity index (χ2v) is 11.9. The highest BCUT2D eigenvalue weighted by atomic mass is 31.2. The van der Waals surface area contributed by atoms with Crippen LogP contribution in [-0.4, -0.2) is 90.7 Å². The van der Waals surface area contributed by atoms with E-state index in [4.69, 9.17) is 33.3 Å². The van der Waals surface area contributed by atoms with Gasteiger partial charge in [0.1, 0.15) is 12.2 Å². The average molecular weight is 544 g/mol. The van der Waals surface area contributed by atoms with Crippen LogP contribution in [0.1, 0.15) is 61.3 Å². The summed E-state index contributed by atoms with van der Waals surface area (Å²) < 4.78 is 37.5. The lowest BCUT2D eigenvalue weighted by atomic mass is 9.88. The van der Waals surface area contributed by atoms with Gasteiger partial charge in [0.25, 0.3) is 14.5 Å². The molecule has 3 heterocycles. The first-order chi connectivity index (χ1) is 17.5. The lowest BCUT2D eigenvalue weighted by molar-refractivity contribution is -0.333. The molecule has 0 aromatic rings. The van der Waals surface area contributed by atoms with Crippen molar-refractivity contribution in [2.45, 2.75) is 104 Å². The number of imide groups is 1. The van der Waals surface area contributed by atoms with Crippen molar-refractivity contribution in [3.8, 4) is 6.07 Å². The van der Waals surface area contributed by atoms with E-state index < -0.39 is 38.5 Å². The van der Waals surface area contributed by atoms with Crippen LogP contribution in [-0.2, 0) is 37.6 Å². The molecule has 0 bridgehead atoms. The standard InChI is InChI=1S/C25H42N3O8P/c1-15(2)28(16(3)4)37(32-13-9-11-26)33-14-10-12-27-23(29)17(5)19(24(27)30)21-22-20(18(6)34-21)35-25(7,31-8)36-22/h15-22H,9-10,12-14H2,1-8H3. The fourth-order valence-corrected chi connectivity index (χ4v) is 6.92. The van der Waals surface area contributed by atoms with Crippen molar-refractivity contribution >= 4 is 20.3 Å². The number of nitrogens with zero attached hydrogens (tertiary/aromatic N) is 3. The maximum absolute atomic E-state index is 13.4. The van der Waals surface area contributed by atoms with E-state index in [1.54, 1.807) is 13.8 Å². The SMILES string of the molecule is COC1(C)OC2C(C)OC(C3C(=O)N(CCCOP(OCCC#N)N(C(C)C)C(C)C)C(=O)C3C)C2O1. The summed E-state index contributed by atoms with van der Waals surface area (Å²) in [5.74, 6) is -2.88. The second-order valence-electron chi connectivity index (χ2n) is 10.4. The largest absolute Gasteiger partial charge is 0.369 e. The number of ether oxygens (including phenoxy) is 4. The van der Waals surface area contributed by atoms with Gasteiger partial charge in [0, 0.05) is 38.6 Å². The molecular formula is C25H42N3O8P. The molecule has 0 radical (unpaired) electrons. The van der Waals surface area contributed by atoms with Crippen LogP contribution in [0.2, 0.25) is 0 Å². The first-order valence-electron chi connectivity index (χ1n) is 13.1. The van der Waals surface area contributed by atoms with E-state index in [2.05, 4.69) is 38.4 Å². The highest BCUT2D eigenvalue weighted by molar-refractivity contribution is 7.44. The first-order valence-corrected chi connectivity index (χ1v) is 14.2. The third-order valence-corrected chi connectivity index (χ3v) is 9.15. The summed E-state index contributed by atoms with van der Waals surface area (Å²) in [6, 6.07) is 2.47. The van der Waals surface area contributed by atoms with E-state index in [0.717, 1.165) is 0 Å². The maximum atomic E-state index is 13.4. The molecule has 3 rings (SSSR count). The van der Waals surface area contributed by atoms with Gasteiger partial charge in [-0.1, -0.05) is 6.92 Å². The van der Waals surface area contributed by atoms with Gasteiger partial charge in [-0.25, -0.2) is 4.67 Å². The fourth-order valence-electron chi connectivity index (χ4n) is 5.29. The number of likely N-dealkylation sites (tertiary alicyclic amines) is 1. The van der Waals surface area contributed by atoms with Crippen LogP contribution >= 0.6 is 8.53 Å². The summed E-state index contributed by atoms with van der Waals surface area (Å²) in [4.78, 5) is 27.8. The van der Waals surface area contributed by atoms with Gasteiger partial charge in [-0.05, 0) is 41.0 Å². The maximum Gasteiger partial charge on any atom is 0.280 e. The number of nitriles is 1. The van der Waals surface area contributed by atoms with Crippen LogP contribution in [0.3, 0.4) is 0 Å². The van der Waals surface area contributed by atoms with Gasteiger partial charge in [0.2, 0.25) is 11.8 Å². The third kappa shape index (κ3) is 6.51. The number of rotatable bonds is 13. The number of hydrogen-bond donors (Lipinski definition) is 0. The molecule has 0 spiro atoms. The number of carbonyl (C=O) groups excluding carboxylic acids is 2. The summed E-state index contributed by atoms with van der Waals surface area (Å²) in [5, 5.41) is 8.87. The summed E-state index contributed by atoms with van der Waals surface area (Å²) in [6.45, 7) is 14.4. The number of methoxy groups -OCH3 is 1. The number of amides is 2. The minimum absolute atomic E-state index is 0.191. The van der Waals surface area contributed by atoms with Crippen molar-refractivity contribution in [1.82, 2.24) is 9.57 Å². The molecule has 11 nitrogen and oxygen atoms in total. The van der Waals surface area contributed by atoms with Crippen LogP contribution < -0.4 is 0 Å². The highest BCUT2D eigenvalue weighted by Crippen LogP contribution is 2.47. The molecule has 0 aliphatic carbocycles. The van der Waals surface area contributed by atoms with Crippen LogP contribution in [0, 0.1) is 23.2 Å². The van der Waals surface area contributed by atoms with Gasteiger partial charge in [-0.2, -0.15) is 5.26 Å². The summed E-state index contributed by atoms with van der Waals surface area (Å²) in [6.07, 6.45) is -1.02. The molecule has 2 amide bonds. The molecule has 3 aliphatic heterocycles. The molecule has 0 saturated carbocycles. The minimum atomic E-state index is -1.38. The zero-order valence-electron chi connectivity index (χ0n) is 23.2. The van der Waals surface area contributed by atoms with Crippen LogP contribution in [0.5, 0.6) is 0 Å². The third-order valence-electron chi connectivity index (χ3n) is 7.04. The van der Waals surface area contributed by atoms with E-state index in [9.17, 15) is 9.59 Å². The van der Waals surface area contributed by atoms with Crippen molar-refractivity contribution in [3.63, 3.8) is 0 Å². The molecule has 8 unspecified atom stereocenters. The van der Waals surface area contributed by atoms with Crippen LogP contribution in [0.25, 0.3) is 0 Å². The Bertz CT molecular complexity index is 846. The Kier molecular flexibility index (Phi) is 10.5. The van der Waals surface area contributed by atoms with Crippen molar-refractivity contribution in [3.05, 3.63) is 0 Å². The van der Waals surface area contributed by atoms with E-state index in [-0.39, 0.29) is 55.7 Å². The molecule has 3 aliphatic rings. The zero-order chi connectivity index (χ0) is 27.5. The second kappa shape index (κ2) is 12.8. The van der Waals surface area contributed by atoms with Crippen molar-refractivity contribution < 1.29 is 37.6 Å². The topological polar surface area (TPSA) is 120 Å². The van der Waals surface area contributed by atoms with Crippen LogP contribution in [0.15, 0.2) is 0 Å². The molecule has 3 saturated heterocycles. The summed E-state index contributed by atoms with van der Waals surface area (Å²) >= 11 is 0. The molecular weight excluding hydrogens is 501 g/mol. The smallest absolute Gasteiger partial charge is 0.280 e. The average Bonchev–Trinajstić information content (AvgIpc) is 3.40. The Morgan fingerprint density at radius 1 is 1.05 bits per heavy atom. The van der Waals surface area contributed by atoms with Gasteiger partial charge in [0.05, 0.1) is 43.8 Å². The van der Waals surface area contributed by atoms with Crippen molar-refractivity contribution in [1.29, 1.82) is 5.26 Å². The Morgan fingerprint density at radius 3 is 2.27 bits per heavy atom. The Hall–Kier alpha value is -1.22. The monoisotopic (exact) mass is 543 g/mol. The fraction of sp³-hybridized carbons (Fsp3) is 0.880.